The van der Waals surface area contributed by atoms with Crippen LogP contribution in [-0.4, -0.2) is 27.0 Å². The van der Waals surface area contributed by atoms with Crippen molar-refractivity contribution in [2.24, 2.45) is 0 Å². The highest BCUT2D eigenvalue weighted by Gasteiger charge is 2.24. The van der Waals surface area contributed by atoms with Crippen LogP contribution in [0.1, 0.15) is 16.8 Å². The van der Waals surface area contributed by atoms with Crippen LogP contribution in [0.4, 0.5) is 9.52 Å². The number of aryl methyl sites for hydroxylation is 1. The summed E-state index contributed by atoms with van der Waals surface area (Å²) in [6.07, 6.45) is 5.97. The van der Waals surface area contributed by atoms with Gasteiger partial charge in [-0.1, -0.05) is 44.9 Å². The largest absolute Gasteiger partial charge is 0.337 e. The Hall–Kier alpha value is -2.29. The third-order valence-corrected chi connectivity index (χ3v) is 6.22. The highest BCUT2D eigenvalue weighted by atomic mass is 79.9. The molecule has 1 amide bonds. The van der Waals surface area contributed by atoms with Crippen LogP contribution in [-0.2, 0) is 6.54 Å². The van der Waals surface area contributed by atoms with Gasteiger partial charge in [0.15, 0.2) is 5.13 Å². The molecule has 0 aliphatic rings. The topological polar surface area (TPSA) is 51.0 Å². The average molecular weight is 494 g/mol. The van der Waals surface area contributed by atoms with Gasteiger partial charge in [-0.15, -0.1) is 0 Å². The number of carbonyl (C=O) groups excluding carboxylic acids is 1. The Morgan fingerprint density at radius 1 is 1.31 bits per heavy atom. The van der Waals surface area contributed by atoms with Gasteiger partial charge in [0, 0.05) is 30.0 Å². The maximum Gasteiger partial charge on any atom is 0.261 e. The summed E-state index contributed by atoms with van der Waals surface area (Å²) in [4.78, 5) is 23.3. The lowest BCUT2D eigenvalue weighted by Gasteiger charge is -2.21. The first kappa shape index (κ1) is 20.0. The number of nitrogens with zero attached hydrogens (tertiary/aromatic N) is 4. The fraction of sp³-hybridized carbons (Fsp3) is 0.150. The fourth-order valence-electron chi connectivity index (χ4n) is 2.94. The third-order valence-electron chi connectivity index (χ3n) is 4.35. The first-order valence-corrected chi connectivity index (χ1v) is 10.8. The van der Waals surface area contributed by atoms with Gasteiger partial charge < -0.3 is 4.57 Å². The molecule has 5 nitrogen and oxygen atoms in total. The molecule has 0 unspecified atom stereocenters. The van der Waals surface area contributed by atoms with Crippen LogP contribution in [0.5, 0.6) is 0 Å². The molecule has 0 saturated carbocycles. The molecule has 4 aromatic rings. The smallest absolute Gasteiger partial charge is 0.261 e. The lowest BCUT2D eigenvalue weighted by molar-refractivity contribution is 0.0986. The van der Waals surface area contributed by atoms with Crippen LogP contribution in [0.3, 0.4) is 0 Å². The monoisotopic (exact) mass is 492 g/mol. The zero-order chi connectivity index (χ0) is 20.4. The predicted octanol–water partition coefficient (Wildman–Crippen LogP) is 5.78. The third kappa shape index (κ3) is 4.34. The van der Waals surface area contributed by atoms with Crippen LogP contribution in [0.25, 0.3) is 10.2 Å². The van der Waals surface area contributed by atoms with Crippen molar-refractivity contribution in [2.75, 3.05) is 11.4 Å². The van der Waals surface area contributed by atoms with Gasteiger partial charge in [-0.25, -0.2) is 14.4 Å². The van der Waals surface area contributed by atoms with Gasteiger partial charge in [0.2, 0.25) is 0 Å². The number of para-hydroxylation sites is 1. The van der Waals surface area contributed by atoms with Crippen LogP contribution >= 0.6 is 38.9 Å². The molecule has 0 bridgehead atoms. The van der Waals surface area contributed by atoms with Crippen LogP contribution < -0.4 is 4.90 Å². The summed E-state index contributed by atoms with van der Waals surface area (Å²) >= 11 is 10.9. The molecule has 2 aromatic heterocycles. The molecule has 0 fully saturated rings. The van der Waals surface area contributed by atoms with Crippen molar-refractivity contribution < 1.29 is 9.18 Å². The molecule has 29 heavy (non-hydrogen) atoms. The van der Waals surface area contributed by atoms with Crippen molar-refractivity contribution in [3.63, 3.8) is 0 Å². The molecule has 0 radical (unpaired) electrons. The number of hydrogen-bond acceptors (Lipinski definition) is 4. The molecular weight excluding hydrogens is 479 g/mol. The maximum absolute atomic E-state index is 14.1. The van der Waals surface area contributed by atoms with Crippen molar-refractivity contribution in [3.05, 3.63) is 76.0 Å². The number of aromatic nitrogens is 3. The normalized spacial score (nSPS) is 11.1. The van der Waals surface area contributed by atoms with Gasteiger partial charge in [-0.05, 0) is 36.8 Å². The Balaban J connectivity index is 1.68. The van der Waals surface area contributed by atoms with Crippen molar-refractivity contribution >= 4 is 60.1 Å². The van der Waals surface area contributed by atoms with Gasteiger partial charge in [0.1, 0.15) is 11.3 Å². The summed E-state index contributed by atoms with van der Waals surface area (Å²) in [5, 5.41) is 0.793. The number of hydrogen-bond donors (Lipinski definition) is 0. The standard InChI is InChI=1S/C20H15BrClFN4OS/c21-13-5-6-15(22)14(11-13)19(28)27(9-2-8-26-10-7-24-12-26)20-25-18-16(23)3-1-4-17(18)29-20/h1,3-7,10-12H,2,8-9H2. The Bertz CT molecular complexity index is 1160. The van der Waals surface area contributed by atoms with E-state index in [-0.39, 0.29) is 11.4 Å². The number of benzene rings is 2. The quantitative estimate of drug-likeness (QED) is 0.342. The minimum absolute atomic E-state index is 0.264. The number of amides is 1. The number of thiazole rings is 1. The van der Waals surface area contributed by atoms with Crippen LogP contribution in [0.15, 0.2) is 59.6 Å². The van der Waals surface area contributed by atoms with E-state index in [1.165, 1.54) is 17.4 Å². The van der Waals surface area contributed by atoms with Gasteiger partial charge >= 0.3 is 0 Å². The number of rotatable bonds is 6. The molecule has 0 aliphatic heterocycles. The fourth-order valence-corrected chi connectivity index (χ4v) is 4.50. The van der Waals surface area contributed by atoms with E-state index in [0.29, 0.717) is 39.9 Å². The van der Waals surface area contributed by atoms with Gasteiger partial charge in [0.05, 0.1) is 21.6 Å². The van der Waals surface area contributed by atoms with Gasteiger partial charge in [-0.2, -0.15) is 0 Å². The number of halogens is 3. The molecule has 2 aromatic carbocycles. The lowest BCUT2D eigenvalue weighted by Crippen LogP contribution is -2.32. The Morgan fingerprint density at radius 2 is 2.17 bits per heavy atom. The molecular formula is C20H15BrClFN4OS. The highest BCUT2D eigenvalue weighted by molar-refractivity contribution is 9.10. The summed E-state index contributed by atoms with van der Waals surface area (Å²) in [6, 6.07) is 9.91. The molecule has 148 valence electrons. The average Bonchev–Trinajstić information content (AvgIpc) is 3.37. The van der Waals surface area contributed by atoms with Crippen LogP contribution in [0, 0.1) is 5.82 Å². The number of imidazole rings is 1. The van der Waals surface area contributed by atoms with E-state index in [9.17, 15) is 9.18 Å². The number of anilines is 1. The van der Waals surface area contributed by atoms with E-state index < -0.39 is 5.82 Å². The second-order valence-corrected chi connectivity index (χ2v) is 8.65. The van der Waals surface area contributed by atoms with Crippen molar-refractivity contribution in [2.45, 2.75) is 13.0 Å². The highest BCUT2D eigenvalue weighted by Crippen LogP contribution is 2.32. The van der Waals surface area contributed by atoms with E-state index in [1.54, 1.807) is 47.8 Å². The SMILES string of the molecule is O=C(c1cc(Br)ccc1Cl)N(CCCn1ccnc1)c1nc2c(F)cccc2s1. The van der Waals surface area contributed by atoms with Crippen molar-refractivity contribution in [3.8, 4) is 0 Å². The van der Waals surface area contributed by atoms with Crippen LogP contribution in [0.2, 0.25) is 5.02 Å². The second kappa shape index (κ2) is 8.61. The van der Waals surface area contributed by atoms with Crippen molar-refractivity contribution in [1.82, 2.24) is 14.5 Å². The summed E-state index contributed by atoms with van der Waals surface area (Å²) < 4.78 is 17.5. The lowest BCUT2D eigenvalue weighted by atomic mass is 10.2. The molecule has 0 saturated heterocycles. The summed E-state index contributed by atoms with van der Waals surface area (Å²) in [6.45, 7) is 1.09. The maximum atomic E-state index is 14.1. The first-order chi connectivity index (χ1) is 14.0. The number of carbonyl (C=O) groups is 1. The van der Waals surface area contributed by atoms with Crippen molar-refractivity contribution in [1.29, 1.82) is 0 Å². The zero-order valence-electron chi connectivity index (χ0n) is 15.1. The minimum Gasteiger partial charge on any atom is -0.337 e. The zero-order valence-corrected chi connectivity index (χ0v) is 18.2. The molecule has 0 atom stereocenters. The minimum atomic E-state index is -0.406. The van der Waals surface area contributed by atoms with E-state index in [2.05, 4.69) is 25.9 Å². The second-order valence-electron chi connectivity index (χ2n) is 6.32. The molecule has 4 rings (SSSR count). The predicted molar refractivity (Wildman–Crippen MR) is 117 cm³/mol. The van der Waals surface area contributed by atoms with E-state index in [0.717, 1.165) is 4.47 Å². The van der Waals surface area contributed by atoms with Gasteiger partial charge in [0.25, 0.3) is 5.91 Å². The van der Waals surface area contributed by atoms with E-state index >= 15 is 0 Å². The molecule has 0 aliphatic carbocycles. The van der Waals surface area contributed by atoms with E-state index in [4.69, 9.17) is 11.6 Å². The molecule has 2 heterocycles. The molecule has 9 heteroatoms. The molecule has 0 spiro atoms. The summed E-state index contributed by atoms with van der Waals surface area (Å²) in [5.41, 5.74) is 0.628. The first-order valence-electron chi connectivity index (χ1n) is 8.80. The molecule has 0 N–H and O–H groups in total. The van der Waals surface area contributed by atoms with E-state index in [1.807, 2.05) is 10.8 Å². The van der Waals surface area contributed by atoms with Gasteiger partial charge in [-0.3, -0.25) is 9.69 Å². The summed E-state index contributed by atoms with van der Waals surface area (Å²) in [7, 11) is 0. The Kier molecular flexibility index (Phi) is 5.94. The number of fused-ring (bicyclic) bond motifs is 1. The Labute approximate surface area is 183 Å². The summed E-state index contributed by atoms with van der Waals surface area (Å²) in [5.74, 6) is -0.683. The Morgan fingerprint density at radius 3 is 2.93 bits per heavy atom.